The normalized spacial score (nSPS) is 17.2. The molecule has 5 nitrogen and oxygen atoms in total. The number of benzene rings is 1. The lowest BCUT2D eigenvalue weighted by atomic mass is 10.1. The van der Waals surface area contributed by atoms with E-state index in [1.807, 2.05) is 4.90 Å². The molecule has 1 aliphatic heterocycles. The van der Waals surface area contributed by atoms with Crippen molar-refractivity contribution in [1.82, 2.24) is 4.90 Å². The van der Waals surface area contributed by atoms with Gasteiger partial charge in [-0.1, -0.05) is 12.5 Å². The summed E-state index contributed by atoms with van der Waals surface area (Å²) in [5, 5.41) is 11.8. The molecule has 2 rings (SSSR count). The molecule has 1 atom stereocenters. The molecule has 0 bridgehead atoms. The Bertz CT molecular complexity index is 515. The number of piperidine rings is 1. The highest BCUT2D eigenvalue weighted by Crippen LogP contribution is 2.16. The minimum atomic E-state index is -0.994. The van der Waals surface area contributed by atoms with Gasteiger partial charge in [0.15, 0.2) is 0 Å². The van der Waals surface area contributed by atoms with Gasteiger partial charge >= 0.3 is 5.97 Å². The van der Waals surface area contributed by atoms with Crippen LogP contribution in [0.2, 0.25) is 0 Å². The fourth-order valence-electron chi connectivity index (χ4n) is 2.56. The summed E-state index contributed by atoms with van der Waals surface area (Å²) in [4.78, 5) is 25.1. The highest BCUT2D eigenvalue weighted by atomic mass is 19.1. The van der Waals surface area contributed by atoms with Crippen LogP contribution in [0.5, 0.6) is 0 Å². The van der Waals surface area contributed by atoms with Gasteiger partial charge in [0.25, 0.3) is 0 Å². The van der Waals surface area contributed by atoms with Crippen molar-refractivity contribution in [2.24, 2.45) is 0 Å². The summed E-state index contributed by atoms with van der Waals surface area (Å²) >= 11 is 0. The summed E-state index contributed by atoms with van der Waals surface area (Å²) in [5.41, 5.74) is 0.336. The van der Waals surface area contributed by atoms with E-state index in [-0.39, 0.29) is 6.42 Å². The van der Waals surface area contributed by atoms with Crippen LogP contribution in [0.4, 0.5) is 10.1 Å². The van der Waals surface area contributed by atoms with Crippen LogP contribution in [0.3, 0.4) is 0 Å². The summed E-state index contributed by atoms with van der Waals surface area (Å²) < 4.78 is 13.0. The number of halogens is 1. The molecule has 114 valence electrons. The minimum absolute atomic E-state index is 0.133. The van der Waals surface area contributed by atoms with E-state index in [1.54, 1.807) is 6.07 Å². The van der Waals surface area contributed by atoms with Crippen molar-refractivity contribution < 1.29 is 19.1 Å². The van der Waals surface area contributed by atoms with E-state index in [4.69, 9.17) is 0 Å². The number of carboxylic acids is 1. The summed E-state index contributed by atoms with van der Waals surface area (Å²) in [6.45, 7) is 1.40. The Morgan fingerprint density at radius 2 is 2.00 bits per heavy atom. The van der Waals surface area contributed by atoms with Crippen molar-refractivity contribution in [2.75, 3.05) is 18.4 Å². The highest BCUT2D eigenvalue weighted by molar-refractivity contribution is 5.94. The molecule has 1 aromatic carbocycles. The van der Waals surface area contributed by atoms with E-state index in [9.17, 15) is 19.1 Å². The summed E-state index contributed by atoms with van der Waals surface area (Å²) in [6.07, 6.45) is 2.87. The van der Waals surface area contributed by atoms with E-state index in [0.717, 1.165) is 19.3 Å². The predicted octanol–water partition coefficient (Wildman–Crippen LogP) is 2.09. The second-order valence-corrected chi connectivity index (χ2v) is 5.21. The SMILES string of the molecule is O=C(CC(C(=O)O)N1CCCCC1)Nc1cccc(F)c1. The number of nitrogens with zero attached hydrogens (tertiary/aromatic N) is 1. The molecular weight excluding hydrogens is 275 g/mol. The molecule has 6 heteroatoms. The Labute approximate surface area is 122 Å². The Kier molecular flexibility index (Phi) is 5.27. The van der Waals surface area contributed by atoms with Crippen LogP contribution in [0.15, 0.2) is 24.3 Å². The minimum Gasteiger partial charge on any atom is -0.480 e. The van der Waals surface area contributed by atoms with Gasteiger partial charge in [0.1, 0.15) is 11.9 Å². The second-order valence-electron chi connectivity index (χ2n) is 5.21. The van der Waals surface area contributed by atoms with Gasteiger partial charge in [-0.25, -0.2) is 4.39 Å². The zero-order valence-corrected chi connectivity index (χ0v) is 11.7. The fourth-order valence-corrected chi connectivity index (χ4v) is 2.56. The quantitative estimate of drug-likeness (QED) is 0.872. The van der Waals surface area contributed by atoms with E-state index < -0.39 is 23.7 Å². The number of hydrogen-bond donors (Lipinski definition) is 2. The van der Waals surface area contributed by atoms with Gasteiger partial charge in [0.2, 0.25) is 5.91 Å². The predicted molar refractivity (Wildman–Crippen MR) is 76.5 cm³/mol. The van der Waals surface area contributed by atoms with Gasteiger partial charge < -0.3 is 10.4 Å². The molecule has 0 spiro atoms. The number of aliphatic carboxylic acids is 1. The first kappa shape index (κ1) is 15.4. The molecule has 2 N–H and O–H groups in total. The molecule has 1 heterocycles. The largest absolute Gasteiger partial charge is 0.480 e. The molecule has 1 amide bonds. The Hall–Kier alpha value is -1.95. The Morgan fingerprint density at radius 3 is 2.62 bits per heavy atom. The summed E-state index contributed by atoms with van der Waals surface area (Å²) in [5.74, 6) is -1.86. The van der Waals surface area contributed by atoms with Crippen LogP contribution >= 0.6 is 0 Å². The average molecular weight is 294 g/mol. The Morgan fingerprint density at radius 1 is 1.29 bits per heavy atom. The number of carbonyl (C=O) groups excluding carboxylic acids is 1. The molecule has 1 aromatic rings. The molecule has 1 unspecified atom stereocenters. The smallest absolute Gasteiger partial charge is 0.321 e. The van der Waals surface area contributed by atoms with E-state index in [2.05, 4.69) is 5.32 Å². The second kappa shape index (κ2) is 7.17. The first-order valence-corrected chi connectivity index (χ1v) is 7.08. The van der Waals surface area contributed by atoms with Crippen LogP contribution < -0.4 is 5.32 Å². The molecular formula is C15H19FN2O3. The topological polar surface area (TPSA) is 69.6 Å². The number of carbonyl (C=O) groups is 2. The van der Waals surface area contributed by atoms with Crippen LogP contribution in [0.25, 0.3) is 0 Å². The van der Waals surface area contributed by atoms with Crippen molar-refractivity contribution in [1.29, 1.82) is 0 Å². The van der Waals surface area contributed by atoms with Gasteiger partial charge in [0, 0.05) is 5.69 Å². The number of nitrogens with one attached hydrogen (secondary N) is 1. The number of carboxylic acid groups (broad SMARTS) is 1. The number of likely N-dealkylation sites (tertiary alicyclic amines) is 1. The molecule has 1 saturated heterocycles. The third-order valence-corrected chi connectivity index (χ3v) is 3.60. The zero-order chi connectivity index (χ0) is 15.2. The van der Waals surface area contributed by atoms with Gasteiger partial charge in [-0.2, -0.15) is 0 Å². The van der Waals surface area contributed by atoms with E-state index in [1.165, 1.54) is 18.2 Å². The molecule has 0 aromatic heterocycles. The fraction of sp³-hybridized carbons (Fsp3) is 0.467. The third kappa shape index (κ3) is 4.53. The lowest BCUT2D eigenvalue weighted by Crippen LogP contribution is -2.45. The van der Waals surface area contributed by atoms with Crippen molar-refractivity contribution >= 4 is 17.6 Å². The summed E-state index contributed by atoms with van der Waals surface area (Å²) in [6, 6.07) is 4.72. The van der Waals surface area contributed by atoms with E-state index in [0.29, 0.717) is 18.8 Å². The molecule has 0 aliphatic carbocycles. The maximum absolute atomic E-state index is 13.0. The van der Waals surface area contributed by atoms with Gasteiger partial charge in [-0.3, -0.25) is 14.5 Å². The van der Waals surface area contributed by atoms with Gasteiger partial charge in [0.05, 0.1) is 6.42 Å². The van der Waals surface area contributed by atoms with Crippen molar-refractivity contribution in [3.05, 3.63) is 30.1 Å². The maximum atomic E-state index is 13.0. The molecule has 0 radical (unpaired) electrons. The average Bonchev–Trinajstić information content (AvgIpc) is 2.45. The lowest BCUT2D eigenvalue weighted by molar-refractivity contribution is -0.145. The molecule has 21 heavy (non-hydrogen) atoms. The van der Waals surface area contributed by atoms with Crippen LogP contribution in [0.1, 0.15) is 25.7 Å². The van der Waals surface area contributed by atoms with Crippen molar-refractivity contribution in [2.45, 2.75) is 31.7 Å². The number of rotatable bonds is 5. The Balaban J connectivity index is 1.96. The first-order valence-electron chi connectivity index (χ1n) is 7.08. The maximum Gasteiger partial charge on any atom is 0.321 e. The molecule has 1 aliphatic rings. The highest BCUT2D eigenvalue weighted by Gasteiger charge is 2.29. The number of hydrogen-bond acceptors (Lipinski definition) is 3. The van der Waals surface area contributed by atoms with Crippen LogP contribution in [0, 0.1) is 5.82 Å². The van der Waals surface area contributed by atoms with Crippen LogP contribution in [-0.4, -0.2) is 41.0 Å². The van der Waals surface area contributed by atoms with Gasteiger partial charge in [-0.15, -0.1) is 0 Å². The standard InChI is InChI=1S/C15H19FN2O3/c16-11-5-4-6-12(9-11)17-14(19)10-13(15(20)21)18-7-2-1-3-8-18/h4-6,9,13H,1-3,7-8,10H2,(H,17,19)(H,20,21). The van der Waals surface area contributed by atoms with Gasteiger partial charge in [-0.05, 0) is 44.1 Å². The third-order valence-electron chi connectivity index (χ3n) is 3.60. The monoisotopic (exact) mass is 294 g/mol. The lowest BCUT2D eigenvalue weighted by Gasteiger charge is -2.31. The molecule has 1 fully saturated rings. The van der Waals surface area contributed by atoms with Crippen LogP contribution in [-0.2, 0) is 9.59 Å². The molecule has 0 saturated carbocycles. The van der Waals surface area contributed by atoms with E-state index >= 15 is 0 Å². The van der Waals surface area contributed by atoms with Crippen molar-refractivity contribution in [3.63, 3.8) is 0 Å². The zero-order valence-electron chi connectivity index (χ0n) is 11.7. The van der Waals surface area contributed by atoms with Crippen molar-refractivity contribution in [3.8, 4) is 0 Å². The number of anilines is 1. The number of amides is 1. The first-order chi connectivity index (χ1) is 10.1. The summed E-state index contributed by atoms with van der Waals surface area (Å²) in [7, 11) is 0.